The summed E-state index contributed by atoms with van der Waals surface area (Å²) < 4.78 is 4.37. The van der Waals surface area contributed by atoms with Gasteiger partial charge in [0.15, 0.2) is 0 Å². The standard InChI is InChI=1S/C5H4Cl2O3/c6-2-5(9)3(7)1-4(8)10-5/h1,9H,2H2. The number of cyclic esters (lactones) is 1. The van der Waals surface area contributed by atoms with Gasteiger partial charge in [-0.05, 0) is 0 Å². The maximum absolute atomic E-state index is 10.4. The fourth-order valence-electron chi connectivity index (χ4n) is 0.552. The smallest absolute Gasteiger partial charge is 0.335 e. The van der Waals surface area contributed by atoms with E-state index in [0.29, 0.717) is 0 Å². The molecule has 0 radical (unpaired) electrons. The first-order valence-electron chi connectivity index (χ1n) is 2.47. The molecule has 0 amide bonds. The number of alkyl halides is 1. The van der Waals surface area contributed by atoms with Gasteiger partial charge in [-0.3, -0.25) is 0 Å². The Morgan fingerprint density at radius 3 is 2.60 bits per heavy atom. The second-order valence-corrected chi connectivity index (χ2v) is 2.51. The molecular weight excluding hydrogens is 179 g/mol. The van der Waals surface area contributed by atoms with Crippen molar-refractivity contribution in [1.82, 2.24) is 0 Å². The average molecular weight is 183 g/mol. The van der Waals surface area contributed by atoms with Crippen LogP contribution in [-0.2, 0) is 9.53 Å². The molecule has 1 aliphatic rings. The van der Waals surface area contributed by atoms with Crippen molar-refractivity contribution in [1.29, 1.82) is 0 Å². The molecule has 10 heavy (non-hydrogen) atoms. The van der Waals surface area contributed by atoms with Gasteiger partial charge in [-0.2, -0.15) is 0 Å². The Balaban J connectivity index is 2.86. The Morgan fingerprint density at radius 1 is 1.80 bits per heavy atom. The van der Waals surface area contributed by atoms with Crippen molar-refractivity contribution in [3.63, 3.8) is 0 Å². The molecule has 0 fully saturated rings. The molecule has 56 valence electrons. The van der Waals surface area contributed by atoms with Gasteiger partial charge in [0.25, 0.3) is 5.79 Å². The van der Waals surface area contributed by atoms with Gasteiger partial charge in [0.2, 0.25) is 0 Å². The lowest BCUT2D eigenvalue weighted by Gasteiger charge is -2.17. The van der Waals surface area contributed by atoms with Crippen molar-refractivity contribution >= 4 is 29.2 Å². The zero-order valence-corrected chi connectivity index (χ0v) is 6.32. The second kappa shape index (κ2) is 2.42. The largest absolute Gasteiger partial charge is 0.423 e. The molecule has 0 aromatic carbocycles. The summed E-state index contributed by atoms with van der Waals surface area (Å²) >= 11 is 10.7. The highest BCUT2D eigenvalue weighted by molar-refractivity contribution is 6.33. The summed E-state index contributed by atoms with van der Waals surface area (Å²) in [6, 6.07) is 0. The van der Waals surface area contributed by atoms with Gasteiger partial charge in [0.1, 0.15) is 0 Å². The van der Waals surface area contributed by atoms with Gasteiger partial charge in [-0.1, -0.05) is 11.6 Å². The third kappa shape index (κ3) is 1.12. The Labute approximate surface area is 67.2 Å². The van der Waals surface area contributed by atoms with Crippen LogP contribution < -0.4 is 0 Å². The maximum Gasteiger partial charge on any atom is 0.335 e. The number of rotatable bonds is 1. The highest BCUT2D eigenvalue weighted by Gasteiger charge is 2.39. The Hall–Kier alpha value is -0.250. The normalized spacial score (nSPS) is 31.9. The minimum atomic E-state index is -1.79. The second-order valence-electron chi connectivity index (χ2n) is 1.83. The lowest BCUT2D eigenvalue weighted by Crippen LogP contribution is -2.32. The summed E-state index contributed by atoms with van der Waals surface area (Å²) in [5.74, 6) is -2.72. The first kappa shape index (κ1) is 7.85. The van der Waals surface area contributed by atoms with Crippen molar-refractivity contribution in [2.45, 2.75) is 5.79 Å². The molecule has 0 aliphatic carbocycles. The van der Waals surface area contributed by atoms with E-state index in [2.05, 4.69) is 4.74 Å². The molecule has 0 saturated heterocycles. The quantitative estimate of drug-likeness (QED) is 0.478. The van der Waals surface area contributed by atoms with E-state index in [1.807, 2.05) is 0 Å². The monoisotopic (exact) mass is 182 g/mol. The molecule has 0 saturated carbocycles. The van der Waals surface area contributed by atoms with Gasteiger partial charge >= 0.3 is 5.97 Å². The molecule has 5 heteroatoms. The van der Waals surface area contributed by atoms with Crippen molar-refractivity contribution < 1.29 is 14.6 Å². The van der Waals surface area contributed by atoms with Gasteiger partial charge in [-0.25, -0.2) is 4.79 Å². The first-order valence-corrected chi connectivity index (χ1v) is 3.39. The Bertz CT molecular complexity index is 201. The molecule has 1 aliphatic heterocycles. The predicted molar refractivity (Wildman–Crippen MR) is 35.7 cm³/mol. The fourth-order valence-corrected chi connectivity index (χ4v) is 1.01. The number of hydrogen-bond donors (Lipinski definition) is 1. The van der Waals surface area contributed by atoms with Crippen LogP contribution in [0.4, 0.5) is 0 Å². The summed E-state index contributed by atoms with van der Waals surface area (Å²) in [6.45, 7) is 0. The van der Waals surface area contributed by atoms with Gasteiger partial charge in [0.05, 0.1) is 10.9 Å². The molecule has 0 aromatic heterocycles. The predicted octanol–water partition coefficient (Wildman–Crippen LogP) is 0.593. The van der Waals surface area contributed by atoms with Crippen molar-refractivity contribution in [3.05, 3.63) is 11.1 Å². The summed E-state index contributed by atoms with van der Waals surface area (Å²) in [5, 5.41) is 9.09. The molecule has 1 rings (SSSR count). The number of aliphatic hydroxyl groups is 1. The van der Waals surface area contributed by atoms with E-state index in [9.17, 15) is 4.79 Å². The summed E-state index contributed by atoms with van der Waals surface area (Å²) in [7, 11) is 0. The van der Waals surface area contributed by atoms with Crippen LogP contribution in [0.3, 0.4) is 0 Å². The molecule has 0 bridgehead atoms. The molecule has 1 heterocycles. The minimum Gasteiger partial charge on any atom is -0.423 e. The summed E-state index contributed by atoms with van der Waals surface area (Å²) in [6.07, 6.45) is 0.990. The summed E-state index contributed by atoms with van der Waals surface area (Å²) in [4.78, 5) is 10.4. The van der Waals surface area contributed by atoms with E-state index in [-0.39, 0.29) is 10.9 Å². The van der Waals surface area contributed by atoms with Crippen LogP contribution in [0.5, 0.6) is 0 Å². The SMILES string of the molecule is O=C1C=C(Cl)C(O)(CCl)O1. The topological polar surface area (TPSA) is 46.5 Å². The zero-order chi connectivity index (χ0) is 7.78. The number of halogens is 2. The van der Waals surface area contributed by atoms with E-state index in [1.165, 1.54) is 0 Å². The highest BCUT2D eigenvalue weighted by Crippen LogP contribution is 2.29. The van der Waals surface area contributed by atoms with Crippen LogP contribution in [0.25, 0.3) is 0 Å². The number of hydrogen-bond acceptors (Lipinski definition) is 3. The molecular formula is C5H4Cl2O3. The van der Waals surface area contributed by atoms with Gasteiger partial charge in [0, 0.05) is 6.08 Å². The van der Waals surface area contributed by atoms with Crippen molar-refractivity contribution in [3.8, 4) is 0 Å². The fraction of sp³-hybridized carbons (Fsp3) is 0.400. The first-order chi connectivity index (χ1) is 4.58. The number of ether oxygens (including phenoxy) is 1. The summed E-state index contributed by atoms with van der Waals surface area (Å²) in [5.41, 5.74) is 0. The average Bonchev–Trinajstić information content (AvgIpc) is 2.09. The zero-order valence-electron chi connectivity index (χ0n) is 4.80. The number of carbonyl (C=O) groups excluding carboxylic acids is 1. The molecule has 1 atom stereocenters. The Morgan fingerprint density at radius 2 is 2.40 bits per heavy atom. The minimum absolute atomic E-state index is 0.0764. The number of esters is 1. The van der Waals surface area contributed by atoms with Crippen molar-refractivity contribution in [2.75, 3.05) is 5.88 Å². The van der Waals surface area contributed by atoms with E-state index in [4.69, 9.17) is 28.3 Å². The van der Waals surface area contributed by atoms with E-state index in [1.54, 1.807) is 0 Å². The maximum atomic E-state index is 10.4. The van der Waals surface area contributed by atoms with E-state index in [0.717, 1.165) is 6.08 Å². The van der Waals surface area contributed by atoms with Crippen LogP contribution >= 0.6 is 23.2 Å². The molecule has 1 unspecified atom stereocenters. The molecule has 0 spiro atoms. The van der Waals surface area contributed by atoms with Gasteiger partial charge in [-0.15, -0.1) is 11.6 Å². The van der Waals surface area contributed by atoms with Crippen LogP contribution in [0.15, 0.2) is 11.1 Å². The lowest BCUT2D eigenvalue weighted by atomic mass is 10.3. The van der Waals surface area contributed by atoms with Crippen molar-refractivity contribution in [2.24, 2.45) is 0 Å². The van der Waals surface area contributed by atoms with Gasteiger partial charge < -0.3 is 9.84 Å². The Kier molecular flexibility index (Phi) is 1.90. The van der Waals surface area contributed by atoms with Crippen LogP contribution in [0.2, 0.25) is 0 Å². The lowest BCUT2D eigenvalue weighted by molar-refractivity contribution is -0.172. The van der Waals surface area contributed by atoms with E-state index < -0.39 is 11.8 Å². The number of carbonyl (C=O) groups is 1. The third-order valence-corrected chi connectivity index (χ3v) is 1.83. The molecule has 1 N–H and O–H groups in total. The van der Waals surface area contributed by atoms with Crippen LogP contribution in [0, 0.1) is 0 Å². The molecule has 3 nitrogen and oxygen atoms in total. The van der Waals surface area contributed by atoms with E-state index >= 15 is 0 Å². The van der Waals surface area contributed by atoms with Crippen LogP contribution in [0.1, 0.15) is 0 Å². The molecule has 0 aromatic rings. The highest BCUT2D eigenvalue weighted by atomic mass is 35.5. The third-order valence-electron chi connectivity index (χ3n) is 1.07. The van der Waals surface area contributed by atoms with Crippen LogP contribution in [-0.4, -0.2) is 22.7 Å².